The van der Waals surface area contributed by atoms with Crippen molar-refractivity contribution in [1.29, 1.82) is 0 Å². The highest BCUT2D eigenvalue weighted by atomic mass is 32.2. The summed E-state index contributed by atoms with van der Waals surface area (Å²) in [6, 6.07) is 3.80. The molecule has 0 spiro atoms. The summed E-state index contributed by atoms with van der Waals surface area (Å²) in [5.74, 6) is 1.49. The number of ether oxygens (including phenoxy) is 1. The maximum atomic E-state index is 10.7. The van der Waals surface area contributed by atoms with Crippen molar-refractivity contribution in [3.05, 3.63) is 65.5 Å². The average Bonchev–Trinajstić information content (AvgIpc) is 2.90. The lowest BCUT2D eigenvalue weighted by Gasteiger charge is -2.23. The fourth-order valence-electron chi connectivity index (χ4n) is 3.70. The van der Waals surface area contributed by atoms with Crippen LogP contribution in [0.1, 0.15) is 62.2 Å². The number of hydrogen-bond donors (Lipinski definition) is 2. The highest BCUT2D eigenvalue weighted by Crippen LogP contribution is 2.40. The Labute approximate surface area is 186 Å². The Morgan fingerprint density at radius 3 is 2.58 bits per heavy atom. The van der Waals surface area contributed by atoms with Crippen LogP contribution in [-0.2, 0) is 0 Å². The van der Waals surface area contributed by atoms with Crippen LogP contribution in [0, 0.1) is 0 Å². The molecule has 31 heavy (non-hydrogen) atoms. The summed E-state index contributed by atoms with van der Waals surface area (Å²) in [6.07, 6.45) is 5.42. The molecule has 1 atom stereocenters. The minimum absolute atomic E-state index is 0.181. The van der Waals surface area contributed by atoms with E-state index in [0.29, 0.717) is 27.9 Å². The predicted molar refractivity (Wildman–Crippen MR) is 126 cm³/mol. The number of rotatable bonds is 5. The topological polar surface area (TPSA) is 80.2 Å². The zero-order valence-electron chi connectivity index (χ0n) is 18.0. The molecule has 4 rings (SSSR count). The number of phenols is 1. The van der Waals surface area contributed by atoms with Crippen LogP contribution in [0.25, 0.3) is 16.7 Å². The number of hydrogen-bond acceptors (Lipinski definition) is 7. The van der Waals surface area contributed by atoms with Crippen LogP contribution in [0.3, 0.4) is 0 Å². The molecule has 1 aliphatic carbocycles. The molecule has 0 radical (unpaired) electrons. The number of fused-ring (bicyclic) bond motifs is 2. The molecular formula is C24H26N4O2S. The summed E-state index contributed by atoms with van der Waals surface area (Å²) in [4.78, 5) is 4.65. The second-order valence-corrected chi connectivity index (χ2v) is 8.91. The van der Waals surface area contributed by atoms with E-state index in [1.165, 1.54) is 11.8 Å². The van der Waals surface area contributed by atoms with Crippen molar-refractivity contribution in [2.75, 3.05) is 5.75 Å². The second-order valence-electron chi connectivity index (χ2n) is 7.68. The summed E-state index contributed by atoms with van der Waals surface area (Å²) < 4.78 is 6.38. The van der Waals surface area contributed by atoms with Crippen molar-refractivity contribution < 1.29 is 9.84 Å². The van der Waals surface area contributed by atoms with E-state index >= 15 is 0 Å². The first-order valence-electron chi connectivity index (χ1n) is 10.3. The van der Waals surface area contributed by atoms with E-state index < -0.39 is 6.23 Å². The lowest BCUT2D eigenvalue weighted by Crippen LogP contribution is -2.25. The zero-order valence-corrected chi connectivity index (χ0v) is 18.8. The van der Waals surface area contributed by atoms with Crippen LogP contribution in [-0.4, -0.2) is 26.0 Å². The highest BCUT2D eigenvalue weighted by molar-refractivity contribution is 7.99. The fourth-order valence-corrected chi connectivity index (χ4v) is 4.20. The van der Waals surface area contributed by atoms with Gasteiger partial charge < -0.3 is 15.2 Å². The Bertz CT molecular complexity index is 1100. The summed E-state index contributed by atoms with van der Waals surface area (Å²) in [5.41, 5.74) is 6.38. The van der Waals surface area contributed by atoms with E-state index in [2.05, 4.69) is 45.8 Å². The lowest BCUT2D eigenvalue weighted by molar-refractivity contribution is 0.172. The van der Waals surface area contributed by atoms with Crippen molar-refractivity contribution >= 4 is 28.5 Å². The van der Waals surface area contributed by atoms with Crippen LogP contribution in [0.15, 0.2) is 48.3 Å². The number of aromatic nitrogens is 3. The Morgan fingerprint density at radius 2 is 1.94 bits per heavy atom. The molecule has 2 N–H and O–H groups in total. The fraction of sp³-hybridized carbons (Fsp3) is 0.292. The monoisotopic (exact) mass is 434 g/mol. The van der Waals surface area contributed by atoms with Gasteiger partial charge in [-0.3, -0.25) is 0 Å². The summed E-state index contributed by atoms with van der Waals surface area (Å²) in [5, 5.41) is 23.5. The molecule has 160 valence electrons. The molecule has 2 heterocycles. The lowest BCUT2D eigenvalue weighted by atomic mass is 9.95. The molecule has 1 aromatic heterocycles. The molecule has 2 aromatic rings. The van der Waals surface area contributed by atoms with Gasteiger partial charge in [0.25, 0.3) is 0 Å². The Balaban J connectivity index is 1.86. The molecule has 1 unspecified atom stereocenters. The third-order valence-electron chi connectivity index (χ3n) is 5.24. The largest absolute Gasteiger partial charge is 0.507 e. The van der Waals surface area contributed by atoms with Gasteiger partial charge in [-0.2, -0.15) is 4.98 Å². The van der Waals surface area contributed by atoms with Gasteiger partial charge in [0, 0.05) is 28.0 Å². The van der Waals surface area contributed by atoms with Gasteiger partial charge in [-0.25, -0.2) is 0 Å². The number of nitrogens with one attached hydrogen (secondary N) is 1. The molecule has 0 fully saturated rings. The Kier molecular flexibility index (Phi) is 5.87. The van der Waals surface area contributed by atoms with Crippen molar-refractivity contribution in [2.45, 2.75) is 45.0 Å². The second kappa shape index (κ2) is 8.59. The molecule has 7 heteroatoms. The van der Waals surface area contributed by atoms with Gasteiger partial charge >= 0.3 is 0 Å². The molecule has 0 bridgehead atoms. The number of phenolic OH excluding ortho intramolecular Hbond substituents is 1. The smallest absolute Gasteiger partial charge is 0.247 e. The van der Waals surface area contributed by atoms with E-state index in [4.69, 9.17) is 4.74 Å². The standard InChI is InChI=1S/C24H26N4O2S/c1-6-31-24-26-23-20(27-28-24)16-9-7-8-10-19(16)25-22(30-23)15-11-17(13(2)3)21(29)18(12-15)14(4)5/h8,10-12,22,25,29H,2,4,6-7,9H2,1,3,5H3. The number of benzene rings is 1. The van der Waals surface area contributed by atoms with Gasteiger partial charge in [0.15, 0.2) is 11.9 Å². The van der Waals surface area contributed by atoms with Gasteiger partial charge in [-0.15, -0.1) is 10.2 Å². The first-order chi connectivity index (χ1) is 14.9. The van der Waals surface area contributed by atoms with Crippen LogP contribution in [0.4, 0.5) is 0 Å². The Morgan fingerprint density at radius 1 is 1.23 bits per heavy atom. The molecular weight excluding hydrogens is 408 g/mol. The Hall–Kier alpha value is -3.06. The molecule has 0 saturated carbocycles. The van der Waals surface area contributed by atoms with Crippen LogP contribution < -0.4 is 10.1 Å². The van der Waals surface area contributed by atoms with E-state index in [1.807, 2.05) is 32.9 Å². The van der Waals surface area contributed by atoms with Crippen molar-refractivity contribution in [3.8, 4) is 11.6 Å². The average molecular weight is 435 g/mol. The number of nitrogens with zero attached hydrogens (tertiary/aromatic N) is 3. The van der Waals surface area contributed by atoms with E-state index in [9.17, 15) is 5.11 Å². The van der Waals surface area contributed by atoms with Crippen LogP contribution in [0.2, 0.25) is 0 Å². The van der Waals surface area contributed by atoms with Crippen LogP contribution in [0.5, 0.6) is 11.6 Å². The zero-order chi connectivity index (χ0) is 22.1. The summed E-state index contributed by atoms with van der Waals surface area (Å²) >= 11 is 1.52. The van der Waals surface area contributed by atoms with Crippen molar-refractivity contribution in [3.63, 3.8) is 0 Å². The van der Waals surface area contributed by atoms with Crippen molar-refractivity contribution in [2.24, 2.45) is 0 Å². The predicted octanol–water partition coefficient (Wildman–Crippen LogP) is 5.50. The van der Waals surface area contributed by atoms with E-state index in [-0.39, 0.29) is 5.75 Å². The van der Waals surface area contributed by atoms with Gasteiger partial charge in [0.05, 0.1) is 0 Å². The first-order valence-corrected chi connectivity index (χ1v) is 11.3. The molecule has 0 amide bonds. The SMILES string of the molecule is C=C(C)c1cc(C2NC3=C(CCC=C3)c3nnc(SCC)nc3O2)cc(C(=C)C)c1O. The molecule has 1 aliphatic heterocycles. The van der Waals surface area contributed by atoms with E-state index in [0.717, 1.165) is 46.6 Å². The van der Waals surface area contributed by atoms with Crippen molar-refractivity contribution in [1.82, 2.24) is 20.5 Å². The maximum Gasteiger partial charge on any atom is 0.247 e. The third-order valence-corrected chi connectivity index (χ3v) is 5.96. The normalized spacial score (nSPS) is 17.2. The molecule has 6 nitrogen and oxygen atoms in total. The number of aromatic hydroxyl groups is 1. The van der Waals surface area contributed by atoms with E-state index in [1.54, 1.807) is 0 Å². The summed E-state index contributed by atoms with van der Waals surface area (Å²) in [6.45, 7) is 13.8. The number of allylic oxidation sites excluding steroid dienone is 5. The molecule has 2 aliphatic rings. The van der Waals surface area contributed by atoms with Gasteiger partial charge in [0.1, 0.15) is 5.75 Å². The number of thioether (sulfide) groups is 1. The van der Waals surface area contributed by atoms with Gasteiger partial charge in [-0.05, 0) is 61.8 Å². The van der Waals surface area contributed by atoms with Gasteiger partial charge in [0.2, 0.25) is 11.0 Å². The molecule has 0 saturated heterocycles. The third kappa shape index (κ3) is 4.10. The first kappa shape index (κ1) is 21.2. The minimum atomic E-state index is -0.526. The maximum absolute atomic E-state index is 10.7. The highest BCUT2D eigenvalue weighted by Gasteiger charge is 2.29. The van der Waals surface area contributed by atoms with Crippen LogP contribution >= 0.6 is 11.8 Å². The van der Waals surface area contributed by atoms with Gasteiger partial charge in [-0.1, -0.05) is 37.9 Å². The quantitative estimate of drug-likeness (QED) is 0.602. The molecule has 1 aromatic carbocycles. The minimum Gasteiger partial charge on any atom is -0.507 e. The summed E-state index contributed by atoms with van der Waals surface area (Å²) in [7, 11) is 0.